The predicted molar refractivity (Wildman–Crippen MR) is 51.4 cm³/mol. The molecule has 3 nitrogen and oxygen atoms in total. The van der Waals surface area contributed by atoms with Crippen molar-refractivity contribution in [3.05, 3.63) is 23.3 Å². The van der Waals surface area contributed by atoms with E-state index in [1.54, 1.807) is 6.20 Å². The molecule has 0 radical (unpaired) electrons. The Labute approximate surface area is 78.9 Å². The number of aliphatic hydroxyl groups excluding tert-OH is 1. The molecule has 0 aliphatic carbocycles. The number of nitrogens with zero attached hydrogens (tertiary/aromatic N) is 2. The maximum Gasteiger partial charge on any atom is 0.131 e. The van der Waals surface area contributed by atoms with E-state index in [-0.39, 0.29) is 6.61 Å². The maximum atomic E-state index is 9.01. The van der Waals surface area contributed by atoms with Crippen LogP contribution in [0.2, 0.25) is 0 Å². The Morgan fingerprint density at radius 2 is 2.23 bits per heavy atom. The van der Waals surface area contributed by atoms with Gasteiger partial charge >= 0.3 is 0 Å². The monoisotopic (exact) mass is 180 g/mol. The lowest BCUT2D eigenvalue weighted by atomic mass is 10.1. The van der Waals surface area contributed by atoms with Gasteiger partial charge in [0, 0.05) is 12.1 Å². The molecule has 0 spiro atoms. The van der Waals surface area contributed by atoms with Crippen molar-refractivity contribution in [2.75, 3.05) is 0 Å². The molecular formula is C10H16N2O. The maximum absolute atomic E-state index is 9.01. The van der Waals surface area contributed by atoms with Gasteiger partial charge < -0.3 is 5.11 Å². The molecule has 1 aromatic rings. The van der Waals surface area contributed by atoms with Gasteiger partial charge in [-0.15, -0.1) is 0 Å². The standard InChI is InChI=1S/C10H16N2O/c1-4-7(2)10-11-5-8(3)9(6-13)12-10/h5,7,13H,4,6H2,1-3H3. The van der Waals surface area contributed by atoms with Crippen molar-refractivity contribution in [3.63, 3.8) is 0 Å². The minimum atomic E-state index is -0.00219. The summed E-state index contributed by atoms with van der Waals surface area (Å²) in [6.45, 7) is 6.10. The summed E-state index contributed by atoms with van der Waals surface area (Å²) >= 11 is 0. The van der Waals surface area contributed by atoms with E-state index >= 15 is 0 Å². The summed E-state index contributed by atoms with van der Waals surface area (Å²) in [7, 11) is 0. The lowest BCUT2D eigenvalue weighted by Crippen LogP contribution is -2.04. The molecule has 0 amide bonds. The third kappa shape index (κ3) is 2.25. The van der Waals surface area contributed by atoms with Crippen LogP contribution in [0.25, 0.3) is 0 Å². The Hall–Kier alpha value is -0.960. The molecule has 1 atom stereocenters. The van der Waals surface area contributed by atoms with Crippen LogP contribution in [-0.4, -0.2) is 15.1 Å². The van der Waals surface area contributed by atoms with Crippen LogP contribution in [0.15, 0.2) is 6.20 Å². The van der Waals surface area contributed by atoms with Crippen molar-refractivity contribution >= 4 is 0 Å². The van der Waals surface area contributed by atoms with Gasteiger partial charge in [-0.3, -0.25) is 0 Å². The van der Waals surface area contributed by atoms with Gasteiger partial charge in [0.25, 0.3) is 0 Å². The summed E-state index contributed by atoms with van der Waals surface area (Å²) in [5, 5.41) is 9.01. The number of aliphatic hydroxyl groups is 1. The summed E-state index contributed by atoms with van der Waals surface area (Å²) in [6, 6.07) is 0. The van der Waals surface area contributed by atoms with Crippen LogP contribution in [0.5, 0.6) is 0 Å². The summed E-state index contributed by atoms with van der Waals surface area (Å²) in [6.07, 6.45) is 2.80. The molecule has 1 heterocycles. The summed E-state index contributed by atoms with van der Waals surface area (Å²) in [4.78, 5) is 8.54. The molecule has 3 heteroatoms. The van der Waals surface area contributed by atoms with Crippen molar-refractivity contribution in [2.45, 2.75) is 39.7 Å². The molecule has 0 saturated carbocycles. The fourth-order valence-electron chi connectivity index (χ4n) is 1.07. The first kappa shape index (κ1) is 10.1. The number of aromatic nitrogens is 2. The fraction of sp³-hybridized carbons (Fsp3) is 0.600. The van der Waals surface area contributed by atoms with Gasteiger partial charge in [-0.1, -0.05) is 13.8 Å². The second kappa shape index (κ2) is 4.33. The van der Waals surface area contributed by atoms with Crippen LogP contribution in [0.3, 0.4) is 0 Å². The molecule has 1 rings (SSSR count). The Balaban J connectivity index is 2.99. The number of aryl methyl sites for hydroxylation is 1. The van der Waals surface area contributed by atoms with Gasteiger partial charge in [-0.2, -0.15) is 0 Å². The molecule has 13 heavy (non-hydrogen) atoms. The molecule has 1 N–H and O–H groups in total. The zero-order chi connectivity index (χ0) is 9.84. The first-order valence-electron chi connectivity index (χ1n) is 4.62. The van der Waals surface area contributed by atoms with Crippen LogP contribution in [0.4, 0.5) is 0 Å². The van der Waals surface area contributed by atoms with Crippen molar-refractivity contribution in [2.24, 2.45) is 0 Å². The Morgan fingerprint density at radius 1 is 1.54 bits per heavy atom. The van der Waals surface area contributed by atoms with Gasteiger partial charge in [0.1, 0.15) is 5.82 Å². The zero-order valence-electron chi connectivity index (χ0n) is 8.41. The van der Waals surface area contributed by atoms with Crippen LogP contribution in [-0.2, 0) is 6.61 Å². The normalized spacial score (nSPS) is 12.9. The summed E-state index contributed by atoms with van der Waals surface area (Å²) < 4.78 is 0. The van der Waals surface area contributed by atoms with Crippen molar-refractivity contribution in [1.29, 1.82) is 0 Å². The quantitative estimate of drug-likeness (QED) is 0.771. The van der Waals surface area contributed by atoms with Crippen LogP contribution in [0, 0.1) is 6.92 Å². The highest BCUT2D eigenvalue weighted by Crippen LogP contribution is 2.15. The number of hydrogen-bond acceptors (Lipinski definition) is 3. The van der Waals surface area contributed by atoms with Crippen LogP contribution in [0.1, 0.15) is 43.3 Å². The van der Waals surface area contributed by atoms with E-state index in [1.165, 1.54) is 0 Å². The highest BCUT2D eigenvalue weighted by atomic mass is 16.3. The number of rotatable bonds is 3. The second-order valence-electron chi connectivity index (χ2n) is 3.33. The molecular weight excluding hydrogens is 164 g/mol. The average molecular weight is 180 g/mol. The highest BCUT2D eigenvalue weighted by molar-refractivity contribution is 5.15. The van der Waals surface area contributed by atoms with E-state index in [9.17, 15) is 0 Å². The second-order valence-corrected chi connectivity index (χ2v) is 3.33. The fourth-order valence-corrected chi connectivity index (χ4v) is 1.07. The molecule has 1 aromatic heterocycles. The van der Waals surface area contributed by atoms with Crippen molar-refractivity contribution < 1.29 is 5.11 Å². The first-order valence-corrected chi connectivity index (χ1v) is 4.62. The molecule has 72 valence electrons. The van der Waals surface area contributed by atoms with Gasteiger partial charge in [-0.05, 0) is 18.9 Å². The molecule has 1 unspecified atom stereocenters. The summed E-state index contributed by atoms with van der Waals surface area (Å²) in [5.41, 5.74) is 1.69. The van der Waals surface area contributed by atoms with Crippen molar-refractivity contribution in [3.8, 4) is 0 Å². The first-order chi connectivity index (χ1) is 6.19. The van der Waals surface area contributed by atoms with E-state index in [0.29, 0.717) is 5.92 Å². The van der Waals surface area contributed by atoms with Crippen molar-refractivity contribution in [1.82, 2.24) is 9.97 Å². The Bertz CT molecular complexity index is 286. The minimum Gasteiger partial charge on any atom is -0.390 e. The highest BCUT2D eigenvalue weighted by Gasteiger charge is 2.08. The largest absolute Gasteiger partial charge is 0.390 e. The molecule has 0 aromatic carbocycles. The number of hydrogen-bond donors (Lipinski definition) is 1. The van der Waals surface area contributed by atoms with Gasteiger partial charge in [0.2, 0.25) is 0 Å². The summed E-state index contributed by atoms with van der Waals surface area (Å²) in [5.74, 6) is 1.20. The Morgan fingerprint density at radius 3 is 2.77 bits per heavy atom. The average Bonchev–Trinajstić information content (AvgIpc) is 2.17. The third-order valence-electron chi connectivity index (χ3n) is 2.30. The van der Waals surface area contributed by atoms with Gasteiger partial charge in [0.05, 0.1) is 12.3 Å². The zero-order valence-corrected chi connectivity index (χ0v) is 8.41. The van der Waals surface area contributed by atoms with Crippen LogP contribution < -0.4 is 0 Å². The molecule has 0 bridgehead atoms. The van der Waals surface area contributed by atoms with Gasteiger partial charge in [0.15, 0.2) is 0 Å². The van der Waals surface area contributed by atoms with E-state index in [1.807, 2.05) is 6.92 Å². The Kier molecular flexibility index (Phi) is 3.37. The SMILES string of the molecule is CCC(C)c1ncc(C)c(CO)n1. The van der Waals surface area contributed by atoms with E-state index in [0.717, 1.165) is 23.5 Å². The van der Waals surface area contributed by atoms with E-state index in [2.05, 4.69) is 23.8 Å². The molecule has 0 aliphatic heterocycles. The lowest BCUT2D eigenvalue weighted by Gasteiger charge is -2.09. The molecule has 0 saturated heterocycles. The topological polar surface area (TPSA) is 46.0 Å². The smallest absolute Gasteiger partial charge is 0.131 e. The lowest BCUT2D eigenvalue weighted by molar-refractivity contribution is 0.275. The molecule has 0 fully saturated rings. The van der Waals surface area contributed by atoms with Crippen LogP contribution >= 0.6 is 0 Å². The predicted octanol–water partition coefficient (Wildman–Crippen LogP) is 1.79. The minimum absolute atomic E-state index is 0.00219. The van der Waals surface area contributed by atoms with Gasteiger partial charge in [-0.25, -0.2) is 9.97 Å². The molecule has 0 aliphatic rings. The van der Waals surface area contributed by atoms with E-state index < -0.39 is 0 Å². The third-order valence-corrected chi connectivity index (χ3v) is 2.30. The van der Waals surface area contributed by atoms with E-state index in [4.69, 9.17) is 5.11 Å².